The summed E-state index contributed by atoms with van der Waals surface area (Å²) in [7, 11) is 0. The molecule has 0 aliphatic heterocycles. The van der Waals surface area contributed by atoms with Crippen LogP contribution >= 0.6 is 11.3 Å². The zero-order valence-electron chi connectivity index (χ0n) is 12.2. The van der Waals surface area contributed by atoms with Gasteiger partial charge in [0.1, 0.15) is 0 Å². The van der Waals surface area contributed by atoms with Gasteiger partial charge in [-0.25, -0.2) is 4.79 Å². The van der Waals surface area contributed by atoms with E-state index in [1.165, 1.54) is 11.3 Å². The topological polar surface area (TPSA) is 66.0 Å². The number of amides is 2. The van der Waals surface area contributed by atoms with Crippen LogP contribution in [-0.2, 0) is 6.54 Å². The minimum atomic E-state index is -0.211. The second-order valence-corrected chi connectivity index (χ2v) is 5.65. The van der Waals surface area contributed by atoms with Gasteiger partial charge in [-0.3, -0.25) is 4.98 Å². The fourth-order valence-corrected chi connectivity index (χ4v) is 2.52. The molecule has 0 aliphatic rings. The van der Waals surface area contributed by atoms with Gasteiger partial charge in [0.2, 0.25) is 0 Å². The monoisotopic (exact) mass is 304 g/mol. The van der Waals surface area contributed by atoms with E-state index in [2.05, 4.69) is 34.8 Å². The van der Waals surface area contributed by atoms with Crippen molar-refractivity contribution in [2.75, 3.05) is 11.9 Å². The Kier molecular flexibility index (Phi) is 5.71. The second kappa shape index (κ2) is 7.75. The highest BCUT2D eigenvalue weighted by atomic mass is 32.1. The zero-order valence-corrected chi connectivity index (χ0v) is 13.0. The van der Waals surface area contributed by atoms with E-state index in [1.54, 1.807) is 11.7 Å². The summed E-state index contributed by atoms with van der Waals surface area (Å²) in [5.41, 5.74) is 3.69. The summed E-state index contributed by atoms with van der Waals surface area (Å²) >= 11 is 1.52. The minimum Gasteiger partial charge on any atom is -0.333 e. The van der Waals surface area contributed by atoms with Gasteiger partial charge in [-0.05, 0) is 31.2 Å². The molecule has 0 radical (unpaired) electrons. The molecule has 0 bridgehead atoms. The number of aromatic nitrogens is 1. The van der Waals surface area contributed by atoms with Crippen LogP contribution in [0.2, 0.25) is 0 Å². The van der Waals surface area contributed by atoms with Gasteiger partial charge < -0.3 is 16.0 Å². The molecule has 1 atom stereocenters. The molecule has 1 aromatic heterocycles. The number of carbonyl (C=O) groups is 1. The molecular formula is C15H20N4OS. The quantitative estimate of drug-likeness (QED) is 0.768. The fraction of sp³-hybridized carbons (Fsp3) is 0.333. The number of nitrogens with zero attached hydrogens (tertiary/aromatic N) is 1. The van der Waals surface area contributed by atoms with Crippen LogP contribution in [0.15, 0.2) is 36.0 Å². The van der Waals surface area contributed by atoms with E-state index in [9.17, 15) is 4.79 Å². The Hall–Kier alpha value is -1.92. The zero-order chi connectivity index (χ0) is 15.1. The van der Waals surface area contributed by atoms with Crippen LogP contribution in [0.3, 0.4) is 0 Å². The number of rotatable bonds is 6. The number of hydrogen-bond acceptors (Lipinski definition) is 4. The maximum Gasteiger partial charge on any atom is 0.319 e. The Morgan fingerprint density at radius 2 is 2.29 bits per heavy atom. The van der Waals surface area contributed by atoms with E-state index in [-0.39, 0.29) is 12.1 Å². The van der Waals surface area contributed by atoms with Crippen molar-refractivity contribution in [3.8, 4) is 0 Å². The largest absolute Gasteiger partial charge is 0.333 e. The van der Waals surface area contributed by atoms with Crippen LogP contribution in [0, 0.1) is 0 Å². The van der Waals surface area contributed by atoms with E-state index in [0.29, 0.717) is 6.54 Å². The summed E-state index contributed by atoms with van der Waals surface area (Å²) in [5.74, 6) is 0. The molecule has 0 spiro atoms. The van der Waals surface area contributed by atoms with Gasteiger partial charge in [-0.2, -0.15) is 0 Å². The van der Waals surface area contributed by atoms with E-state index in [4.69, 9.17) is 0 Å². The lowest BCUT2D eigenvalue weighted by atomic mass is 10.1. The molecule has 21 heavy (non-hydrogen) atoms. The number of hydrogen-bond donors (Lipinski definition) is 3. The highest BCUT2D eigenvalue weighted by Crippen LogP contribution is 2.17. The van der Waals surface area contributed by atoms with Gasteiger partial charge in [0, 0.05) is 22.8 Å². The third-order valence-corrected chi connectivity index (χ3v) is 3.84. The third kappa shape index (κ3) is 4.84. The molecular weight excluding hydrogens is 284 g/mol. The fourth-order valence-electron chi connectivity index (χ4n) is 1.98. The highest BCUT2D eigenvalue weighted by Gasteiger charge is 2.06. The summed E-state index contributed by atoms with van der Waals surface area (Å²) in [6.45, 7) is 5.58. The van der Waals surface area contributed by atoms with Crippen LogP contribution in [0.5, 0.6) is 0 Å². The van der Waals surface area contributed by atoms with Gasteiger partial charge in [0.25, 0.3) is 0 Å². The van der Waals surface area contributed by atoms with Crippen LogP contribution in [0.25, 0.3) is 0 Å². The van der Waals surface area contributed by atoms with E-state index in [1.807, 2.05) is 24.3 Å². The number of thiazole rings is 1. The van der Waals surface area contributed by atoms with Gasteiger partial charge in [-0.15, -0.1) is 11.3 Å². The Bertz CT molecular complexity index is 571. The van der Waals surface area contributed by atoms with Gasteiger partial charge in [-0.1, -0.05) is 19.1 Å². The molecule has 1 unspecified atom stereocenters. The van der Waals surface area contributed by atoms with Crippen molar-refractivity contribution in [3.63, 3.8) is 0 Å². The van der Waals surface area contributed by atoms with Crippen molar-refractivity contribution >= 4 is 23.1 Å². The van der Waals surface area contributed by atoms with Gasteiger partial charge in [0.15, 0.2) is 0 Å². The van der Waals surface area contributed by atoms with E-state index >= 15 is 0 Å². The van der Waals surface area contributed by atoms with Crippen LogP contribution in [0.1, 0.15) is 30.3 Å². The first-order valence-electron chi connectivity index (χ1n) is 6.94. The molecule has 2 rings (SSSR count). The second-order valence-electron chi connectivity index (χ2n) is 4.68. The number of nitrogens with one attached hydrogen (secondary N) is 3. The Balaban J connectivity index is 1.89. The SMILES string of the molecule is CCNC(C)c1cccc(NC(=O)NCc2cncs2)c1. The van der Waals surface area contributed by atoms with Crippen molar-refractivity contribution < 1.29 is 4.79 Å². The molecule has 0 saturated heterocycles. The van der Waals surface area contributed by atoms with Gasteiger partial charge in [0.05, 0.1) is 12.1 Å². The predicted molar refractivity (Wildman–Crippen MR) is 86.5 cm³/mol. The molecule has 0 aliphatic carbocycles. The average molecular weight is 304 g/mol. The standard InChI is InChI=1S/C15H20N4OS/c1-3-17-11(2)12-5-4-6-13(7-12)19-15(20)18-9-14-8-16-10-21-14/h4-8,10-11,17H,3,9H2,1-2H3,(H2,18,19,20). The van der Waals surface area contributed by atoms with Crippen molar-refractivity contribution in [1.82, 2.24) is 15.6 Å². The van der Waals surface area contributed by atoms with Crippen LogP contribution in [-0.4, -0.2) is 17.6 Å². The molecule has 3 N–H and O–H groups in total. The van der Waals surface area contributed by atoms with Crippen molar-refractivity contribution in [3.05, 3.63) is 46.4 Å². The first-order chi connectivity index (χ1) is 10.2. The predicted octanol–water partition coefficient (Wildman–Crippen LogP) is 3.14. The lowest BCUT2D eigenvalue weighted by Crippen LogP contribution is -2.28. The molecule has 1 heterocycles. The van der Waals surface area contributed by atoms with Gasteiger partial charge >= 0.3 is 6.03 Å². The summed E-state index contributed by atoms with van der Waals surface area (Å²) in [4.78, 5) is 16.9. The summed E-state index contributed by atoms with van der Waals surface area (Å²) < 4.78 is 0. The normalized spacial score (nSPS) is 11.9. The smallest absolute Gasteiger partial charge is 0.319 e. The molecule has 0 saturated carbocycles. The molecule has 1 aromatic carbocycles. The third-order valence-electron chi connectivity index (χ3n) is 3.06. The van der Waals surface area contributed by atoms with E-state index in [0.717, 1.165) is 22.7 Å². The molecule has 112 valence electrons. The lowest BCUT2D eigenvalue weighted by Gasteiger charge is -2.14. The maximum absolute atomic E-state index is 11.9. The molecule has 5 nitrogen and oxygen atoms in total. The average Bonchev–Trinajstić information content (AvgIpc) is 2.99. The number of carbonyl (C=O) groups excluding carboxylic acids is 1. The minimum absolute atomic E-state index is 0.211. The van der Waals surface area contributed by atoms with Crippen LogP contribution < -0.4 is 16.0 Å². The number of anilines is 1. The Labute approximate surface area is 128 Å². The van der Waals surface area contributed by atoms with Crippen LogP contribution in [0.4, 0.5) is 10.5 Å². The summed E-state index contributed by atoms with van der Waals surface area (Å²) in [6, 6.07) is 7.91. The van der Waals surface area contributed by atoms with Crippen molar-refractivity contribution in [2.24, 2.45) is 0 Å². The molecule has 0 fully saturated rings. The first-order valence-corrected chi connectivity index (χ1v) is 7.82. The summed E-state index contributed by atoms with van der Waals surface area (Å²) in [5, 5.41) is 9.01. The molecule has 2 amide bonds. The Morgan fingerprint density at radius 1 is 1.43 bits per heavy atom. The van der Waals surface area contributed by atoms with Crippen molar-refractivity contribution in [2.45, 2.75) is 26.4 Å². The lowest BCUT2D eigenvalue weighted by molar-refractivity contribution is 0.252. The van der Waals surface area contributed by atoms with Crippen molar-refractivity contribution in [1.29, 1.82) is 0 Å². The maximum atomic E-state index is 11.9. The Morgan fingerprint density at radius 3 is 3.00 bits per heavy atom. The summed E-state index contributed by atoms with van der Waals surface area (Å²) in [6.07, 6.45) is 1.75. The number of urea groups is 1. The highest BCUT2D eigenvalue weighted by molar-refractivity contribution is 7.09. The molecule has 6 heteroatoms. The van der Waals surface area contributed by atoms with E-state index < -0.39 is 0 Å². The number of benzene rings is 1. The first kappa shape index (κ1) is 15.5. The molecule has 2 aromatic rings.